The number of carbonyl (C=O) groups excluding carboxylic acids is 1. The molecule has 1 atom stereocenters. The molecular weight excluding hydrogens is 386 g/mol. The molecule has 0 spiro atoms. The van der Waals surface area contributed by atoms with Crippen molar-refractivity contribution in [2.75, 3.05) is 18.9 Å². The van der Waals surface area contributed by atoms with Crippen LogP contribution in [0.1, 0.15) is 43.3 Å². The van der Waals surface area contributed by atoms with Crippen molar-refractivity contribution in [3.8, 4) is 0 Å². The maximum Gasteiger partial charge on any atom is 0.345 e. The number of nitrogens with zero attached hydrogens (tertiary/aromatic N) is 1. The predicted octanol–water partition coefficient (Wildman–Crippen LogP) is 4.55. The minimum Gasteiger partial charge on any atom is -0.477 e. The van der Waals surface area contributed by atoms with Gasteiger partial charge in [-0.15, -0.1) is 23.1 Å². The van der Waals surface area contributed by atoms with Crippen LogP contribution >= 0.6 is 23.1 Å². The van der Waals surface area contributed by atoms with Gasteiger partial charge in [0.25, 0.3) is 0 Å². The Morgan fingerprint density at radius 3 is 2.69 bits per heavy atom. The van der Waals surface area contributed by atoms with E-state index in [1.165, 1.54) is 11.3 Å². The zero-order valence-corrected chi connectivity index (χ0v) is 18.8. The first-order valence-corrected chi connectivity index (χ1v) is 13.6. The lowest BCUT2D eigenvalue weighted by Crippen LogP contribution is -2.45. The topological polar surface area (TPSA) is 66.8 Å². The smallest absolute Gasteiger partial charge is 0.345 e. The lowest BCUT2D eigenvalue weighted by Gasteiger charge is -2.38. The highest BCUT2D eigenvalue weighted by Gasteiger charge is 2.39. The van der Waals surface area contributed by atoms with Gasteiger partial charge in [-0.25, -0.2) is 4.79 Å². The summed E-state index contributed by atoms with van der Waals surface area (Å²) in [5, 5.41) is 9.15. The fourth-order valence-electron chi connectivity index (χ4n) is 2.55. The SMILES string of the molecule is CC(C)(C)[Si](C)(C)OC[C@H]1CCC(=O)N1CCSc1ccc(C(=O)O)s1. The van der Waals surface area contributed by atoms with E-state index in [9.17, 15) is 9.59 Å². The van der Waals surface area contributed by atoms with Crippen molar-refractivity contribution in [3.63, 3.8) is 0 Å². The number of amides is 1. The highest BCUT2D eigenvalue weighted by atomic mass is 32.2. The second-order valence-electron chi connectivity index (χ2n) is 8.12. The Kier molecular flexibility index (Phi) is 6.98. The molecule has 1 aliphatic rings. The van der Waals surface area contributed by atoms with E-state index in [2.05, 4.69) is 33.9 Å². The summed E-state index contributed by atoms with van der Waals surface area (Å²) in [6.07, 6.45) is 1.46. The first-order chi connectivity index (χ1) is 12.0. The first kappa shape index (κ1) is 21.5. The molecule has 1 saturated heterocycles. The third-order valence-electron chi connectivity index (χ3n) is 5.26. The van der Waals surface area contributed by atoms with Gasteiger partial charge in [-0.2, -0.15) is 0 Å². The number of likely N-dealkylation sites (tertiary alicyclic amines) is 1. The van der Waals surface area contributed by atoms with Crippen LogP contribution in [0.4, 0.5) is 0 Å². The van der Waals surface area contributed by atoms with Crippen LogP contribution in [0.3, 0.4) is 0 Å². The second-order valence-corrected chi connectivity index (χ2v) is 15.4. The number of carbonyl (C=O) groups is 2. The molecule has 1 aromatic heterocycles. The van der Waals surface area contributed by atoms with Gasteiger partial charge in [0.05, 0.1) is 16.9 Å². The quantitative estimate of drug-likeness (QED) is 0.498. The molecule has 1 amide bonds. The Balaban J connectivity index is 1.86. The fraction of sp³-hybridized carbons (Fsp3) is 0.667. The second kappa shape index (κ2) is 8.46. The molecular formula is C18H29NO4S2Si. The van der Waals surface area contributed by atoms with E-state index in [1.54, 1.807) is 17.8 Å². The Hall–Kier alpha value is -0.833. The number of hydrogen-bond donors (Lipinski definition) is 1. The summed E-state index contributed by atoms with van der Waals surface area (Å²) in [5.74, 6) is 0.0771. The highest BCUT2D eigenvalue weighted by Crippen LogP contribution is 2.37. The normalized spacial score (nSPS) is 18.6. The number of hydrogen-bond acceptors (Lipinski definition) is 5. The van der Waals surface area contributed by atoms with Gasteiger partial charge in [0.2, 0.25) is 5.91 Å². The molecule has 0 radical (unpaired) electrons. The van der Waals surface area contributed by atoms with Crippen molar-refractivity contribution >= 4 is 43.3 Å². The molecule has 2 heterocycles. The van der Waals surface area contributed by atoms with E-state index < -0.39 is 14.3 Å². The summed E-state index contributed by atoms with van der Waals surface area (Å²) in [6.45, 7) is 12.4. The Morgan fingerprint density at radius 1 is 1.42 bits per heavy atom. The zero-order valence-electron chi connectivity index (χ0n) is 16.2. The molecule has 0 bridgehead atoms. The van der Waals surface area contributed by atoms with Crippen molar-refractivity contribution in [1.29, 1.82) is 0 Å². The minimum absolute atomic E-state index is 0.162. The Labute approximate surface area is 165 Å². The third kappa shape index (κ3) is 5.34. The molecule has 1 aliphatic heterocycles. The lowest BCUT2D eigenvalue weighted by atomic mass is 10.2. The summed E-state index contributed by atoms with van der Waals surface area (Å²) in [4.78, 5) is 25.5. The van der Waals surface area contributed by atoms with E-state index >= 15 is 0 Å². The van der Waals surface area contributed by atoms with Crippen LogP contribution in [0.2, 0.25) is 18.1 Å². The average molecular weight is 416 g/mol. The van der Waals surface area contributed by atoms with Gasteiger partial charge in [0, 0.05) is 18.7 Å². The van der Waals surface area contributed by atoms with Gasteiger partial charge in [-0.3, -0.25) is 4.79 Å². The molecule has 0 saturated carbocycles. The summed E-state index contributed by atoms with van der Waals surface area (Å²) >= 11 is 2.89. The third-order valence-corrected chi connectivity index (χ3v) is 12.0. The number of rotatable bonds is 8. The van der Waals surface area contributed by atoms with E-state index in [0.717, 1.165) is 16.4 Å². The monoisotopic (exact) mass is 415 g/mol. The van der Waals surface area contributed by atoms with Crippen molar-refractivity contribution in [3.05, 3.63) is 17.0 Å². The lowest BCUT2D eigenvalue weighted by molar-refractivity contribution is -0.129. The van der Waals surface area contributed by atoms with Gasteiger partial charge < -0.3 is 14.4 Å². The summed E-state index contributed by atoms with van der Waals surface area (Å²) in [6, 6.07) is 3.63. The number of thioether (sulfide) groups is 1. The Morgan fingerprint density at radius 2 is 2.12 bits per heavy atom. The molecule has 0 unspecified atom stereocenters. The molecule has 2 rings (SSSR count). The highest BCUT2D eigenvalue weighted by molar-refractivity contribution is 8.01. The van der Waals surface area contributed by atoms with E-state index in [0.29, 0.717) is 24.4 Å². The van der Waals surface area contributed by atoms with Crippen LogP contribution in [-0.2, 0) is 9.22 Å². The maximum absolute atomic E-state index is 12.2. The number of aromatic carboxylic acids is 1. The fourth-order valence-corrected chi connectivity index (χ4v) is 5.58. The van der Waals surface area contributed by atoms with E-state index in [1.807, 2.05) is 11.0 Å². The van der Waals surface area contributed by atoms with Crippen molar-refractivity contribution in [1.82, 2.24) is 4.90 Å². The van der Waals surface area contributed by atoms with Crippen molar-refractivity contribution < 1.29 is 19.1 Å². The standard InChI is InChI=1S/C18H29NO4S2Si/c1-18(2,3)26(4,5)23-12-13-6-8-15(20)19(13)10-11-24-16-9-7-14(25-16)17(21)22/h7,9,13H,6,8,10-12H2,1-5H3,(H,21,22)/t13-/m1/s1. The van der Waals surface area contributed by atoms with Gasteiger partial charge in [0.1, 0.15) is 4.88 Å². The summed E-state index contributed by atoms with van der Waals surface area (Å²) < 4.78 is 7.30. The molecule has 1 fully saturated rings. The number of carboxylic acid groups (broad SMARTS) is 1. The van der Waals surface area contributed by atoms with Crippen molar-refractivity contribution in [2.45, 2.75) is 62.0 Å². The molecule has 0 aliphatic carbocycles. The van der Waals surface area contributed by atoms with E-state index in [4.69, 9.17) is 9.53 Å². The largest absolute Gasteiger partial charge is 0.477 e. The number of thiophene rings is 1. The first-order valence-electron chi connectivity index (χ1n) is 8.90. The summed E-state index contributed by atoms with van der Waals surface area (Å²) in [7, 11) is -1.81. The molecule has 5 nitrogen and oxygen atoms in total. The van der Waals surface area contributed by atoms with E-state index in [-0.39, 0.29) is 17.0 Å². The molecule has 1 N–H and O–H groups in total. The van der Waals surface area contributed by atoms with Gasteiger partial charge in [-0.1, -0.05) is 20.8 Å². The van der Waals surface area contributed by atoms with Crippen LogP contribution in [-0.4, -0.2) is 55.1 Å². The van der Waals surface area contributed by atoms with Crippen LogP contribution in [0.25, 0.3) is 0 Å². The molecule has 26 heavy (non-hydrogen) atoms. The molecule has 0 aromatic carbocycles. The Bertz CT molecular complexity index is 654. The zero-order chi connectivity index (χ0) is 19.5. The van der Waals surface area contributed by atoms with Gasteiger partial charge in [0.15, 0.2) is 8.32 Å². The van der Waals surface area contributed by atoms with Crippen LogP contribution < -0.4 is 0 Å². The van der Waals surface area contributed by atoms with Crippen LogP contribution in [0.15, 0.2) is 16.3 Å². The average Bonchev–Trinajstić information content (AvgIpc) is 3.12. The van der Waals surface area contributed by atoms with Crippen molar-refractivity contribution in [2.24, 2.45) is 0 Å². The van der Waals surface area contributed by atoms with Crippen LogP contribution in [0.5, 0.6) is 0 Å². The molecule has 1 aromatic rings. The minimum atomic E-state index is -1.81. The summed E-state index contributed by atoms with van der Waals surface area (Å²) in [5.41, 5.74) is 0. The number of carboxylic acids is 1. The molecule has 8 heteroatoms. The maximum atomic E-state index is 12.2. The van der Waals surface area contributed by atoms with Gasteiger partial charge >= 0.3 is 5.97 Å². The molecule has 146 valence electrons. The predicted molar refractivity (Wildman–Crippen MR) is 110 cm³/mol. The van der Waals surface area contributed by atoms with Crippen LogP contribution in [0, 0.1) is 0 Å². The van der Waals surface area contributed by atoms with Gasteiger partial charge in [-0.05, 0) is 36.7 Å².